The molecule has 1 aliphatic heterocycles. The van der Waals surface area contributed by atoms with Gasteiger partial charge in [-0.25, -0.2) is 8.42 Å². The van der Waals surface area contributed by atoms with Crippen LogP contribution in [0.5, 0.6) is 0 Å². The molecule has 2 rings (SSSR count). The lowest BCUT2D eigenvalue weighted by molar-refractivity contribution is -0.124. The number of hydrogen-bond acceptors (Lipinski definition) is 3. The molecular weight excluding hydrogens is 202 g/mol. The van der Waals surface area contributed by atoms with Gasteiger partial charge < -0.3 is 5.32 Å². The second-order valence-corrected chi connectivity index (χ2v) is 5.22. The van der Waals surface area contributed by atoms with Gasteiger partial charge in [0.2, 0.25) is 5.91 Å². The number of sulfone groups is 1. The van der Waals surface area contributed by atoms with Crippen molar-refractivity contribution in [2.75, 3.05) is 6.54 Å². The highest BCUT2D eigenvalue weighted by Crippen LogP contribution is 2.18. The van der Waals surface area contributed by atoms with Crippen LogP contribution in [0, 0.1) is 0 Å². The smallest absolute Gasteiger partial charge is 0.240 e. The Morgan fingerprint density at radius 3 is 2.29 bits per heavy atom. The molecule has 0 radical (unpaired) electrons. The van der Waals surface area contributed by atoms with E-state index < -0.39 is 21.0 Å². The van der Waals surface area contributed by atoms with E-state index in [0.29, 0.717) is 0 Å². The lowest BCUT2D eigenvalue weighted by Gasteiger charge is -2.25. The molecule has 1 aliphatic rings. The molecule has 0 saturated carbocycles. The molecule has 1 unspecified atom stereocenters. The summed E-state index contributed by atoms with van der Waals surface area (Å²) >= 11 is 0. The predicted octanol–water partition coefficient (Wildman–Crippen LogP) is -0.0413. The summed E-state index contributed by atoms with van der Waals surface area (Å²) in [6.45, 7) is 0.218. The Morgan fingerprint density at radius 2 is 1.86 bits per heavy atom. The van der Waals surface area contributed by atoms with Crippen molar-refractivity contribution in [3.63, 3.8) is 0 Å². The number of β-lactam (4-membered cyclic amide) rings is 1. The second-order valence-electron chi connectivity index (χ2n) is 3.09. The first-order valence-corrected chi connectivity index (χ1v) is 5.73. The maximum Gasteiger partial charge on any atom is 0.240 e. The van der Waals surface area contributed by atoms with Gasteiger partial charge in [0.15, 0.2) is 15.1 Å². The van der Waals surface area contributed by atoms with Gasteiger partial charge in [0, 0.05) is 6.54 Å². The highest BCUT2D eigenvalue weighted by Gasteiger charge is 2.40. The van der Waals surface area contributed by atoms with E-state index in [1.165, 1.54) is 12.1 Å². The molecule has 4 nitrogen and oxygen atoms in total. The van der Waals surface area contributed by atoms with Crippen LogP contribution in [0.4, 0.5) is 0 Å². The predicted molar refractivity (Wildman–Crippen MR) is 50.4 cm³/mol. The summed E-state index contributed by atoms with van der Waals surface area (Å²) < 4.78 is 23.5. The minimum Gasteiger partial charge on any atom is -0.353 e. The van der Waals surface area contributed by atoms with Gasteiger partial charge >= 0.3 is 0 Å². The standard InChI is InChI=1S/C9H9NO3S/c11-9-8(6-10-9)14(12,13)7-4-2-1-3-5-7/h1-5,8H,6H2,(H,10,11). The zero-order chi connectivity index (χ0) is 10.2. The van der Waals surface area contributed by atoms with Crippen LogP contribution < -0.4 is 5.32 Å². The molecule has 0 aliphatic carbocycles. The first-order chi connectivity index (χ1) is 6.62. The Labute approximate surface area is 81.9 Å². The van der Waals surface area contributed by atoms with Crippen molar-refractivity contribution in [1.29, 1.82) is 0 Å². The van der Waals surface area contributed by atoms with Crippen LogP contribution in [0.1, 0.15) is 0 Å². The Kier molecular flexibility index (Phi) is 2.03. The molecule has 1 atom stereocenters. The highest BCUT2D eigenvalue weighted by molar-refractivity contribution is 7.93. The Morgan fingerprint density at radius 1 is 1.21 bits per heavy atom. The molecule has 5 heteroatoms. The first-order valence-electron chi connectivity index (χ1n) is 4.19. The number of nitrogens with one attached hydrogen (secondary N) is 1. The Hall–Kier alpha value is -1.36. The number of carbonyl (C=O) groups excluding carboxylic acids is 1. The van der Waals surface area contributed by atoms with E-state index in [0.717, 1.165) is 0 Å². The van der Waals surface area contributed by atoms with Gasteiger partial charge in [-0.05, 0) is 12.1 Å². The number of rotatable bonds is 2. The topological polar surface area (TPSA) is 63.2 Å². The van der Waals surface area contributed by atoms with E-state index >= 15 is 0 Å². The van der Waals surface area contributed by atoms with E-state index in [9.17, 15) is 13.2 Å². The van der Waals surface area contributed by atoms with Gasteiger partial charge in [0.05, 0.1) is 4.90 Å². The first kappa shape index (κ1) is 9.21. The minimum atomic E-state index is -3.46. The number of hydrogen-bond donors (Lipinski definition) is 1. The summed E-state index contributed by atoms with van der Waals surface area (Å²) in [5.41, 5.74) is 0. The normalized spacial score (nSPS) is 21.1. The van der Waals surface area contributed by atoms with Gasteiger partial charge in [0.25, 0.3) is 0 Å². The largest absolute Gasteiger partial charge is 0.353 e. The summed E-state index contributed by atoms with van der Waals surface area (Å²) in [6, 6.07) is 8.02. The molecule has 1 heterocycles. The average Bonchev–Trinajstić information content (AvgIpc) is 2.16. The molecule has 74 valence electrons. The Bertz CT molecular complexity index is 452. The minimum absolute atomic E-state index is 0.208. The lowest BCUT2D eigenvalue weighted by Crippen LogP contribution is -2.57. The molecule has 1 N–H and O–H groups in total. The summed E-state index contributed by atoms with van der Waals surface area (Å²) in [5.74, 6) is -0.408. The van der Waals surface area contributed by atoms with Crippen molar-refractivity contribution in [3.8, 4) is 0 Å². The SMILES string of the molecule is O=C1NCC1S(=O)(=O)c1ccccc1. The van der Waals surface area contributed by atoms with Crippen molar-refractivity contribution >= 4 is 15.7 Å². The maximum absolute atomic E-state index is 11.8. The van der Waals surface area contributed by atoms with Crippen molar-refractivity contribution in [2.24, 2.45) is 0 Å². The summed E-state index contributed by atoms with van der Waals surface area (Å²) in [4.78, 5) is 11.2. The lowest BCUT2D eigenvalue weighted by atomic mass is 10.3. The van der Waals surface area contributed by atoms with Crippen molar-refractivity contribution < 1.29 is 13.2 Å². The molecule has 0 spiro atoms. The van der Waals surface area contributed by atoms with Gasteiger partial charge in [-0.1, -0.05) is 18.2 Å². The van der Waals surface area contributed by atoms with Crippen molar-refractivity contribution in [1.82, 2.24) is 5.32 Å². The fourth-order valence-corrected chi connectivity index (χ4v) is 2.83. The Balaban J connectivity index is 2.39. The van der Waals surface area contributed by atoms with Crippen LogP contribution in [-0.4, -0.2) is 26.1 Å². The van der Waals surface area contributed by atoms with Crippen molar-refractivity contribution in [2.45, 2.75) is 10.1 Å². The van der Waals surface area contributed by atoms with E-state index in [1.54, 1.807) is 18.2 Å². The number of carbonyl (C=O) groups is 1. The van der Waals surface area contributed by atoms with Crippen LogP contribution in [0.3, 0.4) is 0 Å². The van der Waals surface area contributed by atoms with Crippen LogP contribution in [0.15, 0.2) is 35.2 Å². The number of benzene rings is 1. The zero-order valence-corrected chi connectivity index (χ0v) is 8.12. The number of amides is 1. The van der Waals surface area contributed by atoms with E-state index in [4.69, 9.17) is 0 Å². The van der Waals surface area contributed by atoms with Crippen LogP contribution in [0.25, 0.3) is 0 Å². The molecule has 0 bridgehead atoms. The molecule has 1 saturated heterocycles. The van der Waals surface area contributed by atoms with E-state index in [-0.39, 0.29) is 11.4 Å². The van der Waals surface area contributed by atoms with Gasteiger partial charge in [-0.15, -0.1) is 0 Å². The quantitative estimate of drug-likeness (QED) is 0.698. The van der Waals surface area contributed by atoms with Crippen LogP contribution in [0.2, 0.25) is 0 Å². The fourth-order valence-electron chi connectivity index (χ4n) is 1.29. The third-order valence-corrected chi connectivity index (χ3v) is 4.26. The van der Waals surface area contributed by atoms with Gasteiger partial charge in [-0.2, -0.15) is 0 Å². The molecular formula is C9H9NO3S. The van der Waals surface area contributed by atoms with Crippen molar-refractivity contribution in [3.05, 3.63) is 30.3 Å². The third-order valence-electron chi connectivity index (χ3n) is 2.20. The molecule has 14 heavy (non-hydrogen) atoms. The fraction of sp³-hybridized carbons (Fsp3) is 0.222. The van der Waals surface area contributed by atoms with Crippen LogP contribution in [-0.2, 0) is 14.6 Å². The summed E-state index contributed by atoms with van der Waals surface area (Å²) in [6.07, 6.45) is 0. The summed E-state index contributed by atoms with van der Waals surface area (Å²) in [5, 5.41) is 1.52. The van der Waals surface area contributed by atoms with Gasteiger partial charge in [0.1, 0.15) is 0 Å². The zero-order valence-electron chi connectivity index (χ0n) is 7.30. The average molecular weight is 211 g/mol. The van der Waals surface area contributed by atoms with E-state index in [2.05, 4.69) is 5.32 Å². The summed E-state index contributed by atoms with van der Waals surface area (Å²) in [7, 11) is -3.46. The maximum atomic E-state index is 11.8. The second kappa shape index (κ2) is 3.09. The highest BCUT2D eigenvalue weighted by atomic mass is 32.2. The van der Waals surface area contributed by atoms with Gasteiger partial charge in [-0.3, -0.25) is 4.79 Å². The molecule has 0 aromatic heterocycles. The molecule has 1 aromatic carbocycles. The van der Waals surface area contributed by atoms with E-state index in [1.807, 2.05) is 0 Å². The molecule has 1 aromatic rings. The van der Waals surface area contributed by atoms with Crippen LogP contribution >= 0.6 is 0 Å². The molecule has 1 amide bonds. The third kappa shape index (κ3) is 1.29. The monoisotopic (exact) mass is 211 g/mol. The molecule has 1 fully saturated rings.